The Kier molecular flexibility index (Phi) is 8.14. The van der Waals surface area contributed by atoms with E-state index < -0.39 is 0 Å². The van der Waals surface area contributed by atoms with Gasteiger partial charge in [0.2, 0.25) is 0 Å². The van der Waals surface area contributed by atoms with E-state index in [9.17, 15) is 0 Å². The number of ether oxygens (including phenoxy) is 1. The predicted octanol–water partition coefficient (Wildman–Crippen LogP) is 2.85. The number of benzene rings is 1. The summed E-state index contributed by atoms with van der Waals surface area (Å²) in [6, 6.07) is 10.6. The Morgan fingerprint density at radius 3 is 2.53 bits per heavy atom. The van der Waals surface area contributed by atoms with E-state index in [2.05, 4.69) is 47.9 Å². The highest BCUT2D eigenvalue weighted by Gasteiger charge is 2.05. The number of rotatable bonds is 9. The lowest BCUT2D eigenvalue weighted by Crippen LogP contribution is -2.28. The number of thiol groups is 1. The molecule has 0 aliphatic heterocycles. The Morgan fingerprint density at radius 1 is 1.12 bits per heavy atom. The molecule has 3 heteroatoms. The van der Waals surface area contributed by atoms with Gasteiger partial charge in [-0.1, -0.05) is 30.3 Å². The Morgan fingerprint density at radius 2 is 1.88 bits per heavy atom. The zero-order valence-electron chi connectivity index (χ0n) is 10.6. The molecular formula is C14H23NOS. The smallest absolute Gasteiger partial charge is 0.0589 e. The second kappa shape index (κ2) is 9.51. The van der Waals surface area contributed by atoms with E-state index in [1.807, 2.05) is 0 Å². The normalized spacial score (nSPS) is 11.0. The Labute approximate surface area is 110 Å². The van der Waals surface area contributed by atoms with Crippen LogP contribution in [-0.2, 0) is 11.3 Å². The van der Waals surface area contributed by atoms with Crippen molar-refractivity contribution in [1.82, 2.24) is 4.90 Å². The van der Waals surface area contributed by atoms with Gasteiger partial charge in [-0.2, -0.15) is 12.6 Å². The van der Waals surface area contributed by atoms with Crippen molar-refractivity contribution < 1.29 is 4.74 Å². The van der Waals surface area contributed by atoms with Crippen LogP contribution in [0.2, 0.25) is 0 Å². The fourth-order valence-electron chi connectivity index (χ4n) is 1.78. The molecule has 0 heterocycles. The quantitative estimate of drug-likeness (QED) is 0.537. The zero-order valence-corrected chi connectivity index (χ0v) is 11.5. The lowest BCUT2D eigenvalue weighted by molar-refractivity contribution is 0.143. The lowest BCUT2D eigenvalue weighted by Gasteiger charge is -2.21. The van der Waals surface area contributed by atoms with Crippen LogP contribution in [0.4, 0.5) is 0 Å². The van der Waals surface area contributed by atoms with Crippen molar-refractivity contribution in [2.75, 3.05) is 32.6 Å². The number of hydrogen-bond acceptors (Lipinski definition) is 3. The molecule has 1 aromatic rings. The lowest BCUT2D eigenvalue weighted by atomic mass is 10.2. The molecular weight excluding hydrogens is 230 g/mol. The molecule has 0 saturated carbocycles. The van der Waals surface area contributed by atoms with Crippen molar-refractivity contribution >= 4 is 12.6 Å². The van der Waals surface area contributed by atoms with E-state index in [1.165, 1.54) is 18.4 Å². The maximum absolute atomic E-state index is 5.16. The van der Waals surface area contributed by atoms with Crippen LogP contribution in [0.25, 0.3) is 0 Å². The summed E-state index contributed by atoms with van der Waals surface area (Å²) in [5.74, 6) is 0.976. The monoisotopic (exact) mass is 253 g/mol. The molecule has 96 valence electrons. The topological polar surface area (TPSA) is 12.5 Å². The summed E-state index contributed by atoms with van der Waals surface area (Å²) in [6.45, 7) is 3.93. The molecule has 0 aliphatic carbocycles. The van der Waals surface area contributed by atoms with Gasteiger partial charge in [-0.25, -0.2) is 0 Å². The first-order chi connectivity index (χ1) is 8.36. The Hall–Kier alpha value is -0.510. The van der Waals surface area contributed by atoms with E-state index in [0.717, 1.165) is 32.0 Å². The number of hydrogen-bond donors (Lipinski definition) is 1. The van der Waals surface area contributed by atoms with Crippen LogP contribution in [0.3, 0.4) is 0 Å². The highest BCUT2D eigenvalue weighted by atomic mass is 32.1. The van der Waals surface area contributed by atoms with Gasteiger partial charge in [-0.05, 0) is 30.7 Å². The van der Waals surface area contributed by atoms with Crippen LogP contribution in [-0.4, -0.2) is 37.5 Å². The average Bonchev–Trinajstić information content (AvgIpc) is 2.37. The van der Waals surface area contributed by atoms with Gasteiger partial charge in [0, 0.05) is 20.2 Å². The average molecular weight is 253 g/mol. The second-order valence-corrected chi connectivity index (χ2v) is 4.63. The number of nitrogens with zero attached hydrogens (tertiary/aromatic N) is 1. The maximum Gasteiger partial charge on any atom is 0.0589 e. The third-order valence-electron chi connectivity index (χ3n) is 2.74. The van der Waals surface area contributed by atoms with Crippen molar-refractivity contribution in [2.24, 2.45) is 0 Å². The van der Waals surface area contributed by atoms with Crippen LogP contribution < -0.4 is 0 Å². The molecule has 17 heavy (non-hydrogen) atoms. The molecule has 0 atom stereocenters. The summed E-state index contributed by atoms with van der Waals surface area (Å²) < 4.78 is 5.16. The number of methoxy groups -OCH3 is 1. The van der Waals surface area contributed by atoms with Gasteiger partial charge >= 0.3 is 0 Å². The summed E-state index contributed by atoms with van der Waals surface area (Å²) in [5.41, 5.74) is 1.37. The maximum atomic E-state index is 5.16. The first kappa shape index (κ1) is 14.6. The largest absolute Gasteiger partial charge is 0.383 e. The van der Waals surface area contributed by atoms with Crippen LogP contribution in [0, 0.1) is 0 Å². The molecule has 0 saturated heterocycles. The highest BCUT2D eigenvalue weighted by molar-refractivity contribution is 7.80. The number of unbranched alkanes of at least 4 members (excludes halogenated alkanes) is 1. The van der Waals surface area contributed by atoms with Gasteiger partial charge in [0.05, 0.1) is 6.61 Å². The minimum atomic E-state index is 0.799. The van der Waals surface area contributed by atoms with Crippen molar-refractivity contribution in [2.45, 2.75) is 19.4 Å². The van der Waals surface area contributed by atoms with E-state index in [0.29, 0.717) is 0 Å². The van der Waals surface area contributed by atoms with Crippen LogP contribution in [0.5, 0.6) is 0 Å². The van der Waals surface area contributed by atoms with Crippen LogP contribution >= 0.6 is 12.6 Å². The third-order valence-corrected chi connectivity index (χ3v) is 3.06. The van der Waals surface area contributed by atoms with Crippen molar-refractivity contribution in [1.29, 1.82) is 0 Å². The molecule has 0 amide bonds. The molecule has 0 aliphatic rings. The predicted molar refractivity (Wildman–Crippen MR) is 76.7 cm³/mol. The molecule has 1 rings (SSSR count). The van der Waals surface area contributed by atoms with E-state index in [4.69, 9.17) is 4.74 Å². The molecule has 2 nitrogen and oxygen atoms in total. The van der Waals surface area contributed by atoms with Gasteiger partial charge in [-0.3, -0.25) is 4.90 Å². The summed E-state index contributed by atoms with van der Waals surface area (Å²) in [4.78, 5) is 2.45. The van der Waals surface area contributed by atoms with E-state index >= 15 is 0 Å². The van der Waals surface area contributed by atoms with Crippen molar-refractivity contribution in [3.05, 3.63) is 35.9 Å². The molecule has 0 bridgehead atoms. The summed E-state index contributed by atoms with van der Waals surface area (Å²) in [6.07, 6.45) is 2.39. The van der Waals surface area contributed by atoms with Crippen LogP contribution in [0.15, 0.2) is 30.3 Å². The van der Waals surface area contributed by atoms with Gasteiger partial charge in [0.25, 0.3) is 0 Å². The first-order valence-electron chi connectivity index (χ1n) is 6.23. The van der Waals surface area contributed by atoms with E-state index in [-0.39, 0.29) is 0 Å². The van der Waals surface area contributed by atoms with Crippen LogP contribution in [0.1, 0.15) is 18.4 Å². The third kappa shape index (κ3) is 6.71. The molecule has 0 aromatic heterocycles. The molecule has 0 spiro atoms. The standard InChI is InChI=1S/C14H23NOS/c1-16-11-10-15(9-5-6-12-17)13-14-7-3-2-4-8-14/h2-4,7-8,17H,5-6,9-13H2,1H3. The molecule has 0 radical (unpaired) electrons. The fourth-order valence-corrected chi connectivity index (χ4v) is 2.00. The Bertz CT molecular complexity index is 279. The fraction of sp³-hybridized carbons (Fsp3) is 0.571. The SMILES string of the molecule is COCCN(CCCCS)Cc1ccccc1. The van der Waals surface area contributed by atoms with E-state index in [1.54, 1.807) is 7.11 Å². The van der Waals surface area contributed by atoms with Gasteiger partial charge in [0.1, 0.15) is 0 Å². The molecule has 0 fully saturated rings. The van der Waals surface area contributed by atoms with Crippen molar-refractivity contribution in [3.63, 3.8) is 0 Å². The summed E-state index contributed by atoms with van der Waals surface area (Å²) >= 11 is 4.25. The molecule has 0 unspecified atom stereocenters. The van der Waals surface area contributed by atoms with Gasteiger partial charge in [-0.15, -0.1) is 0 Å². The zero-order chi connectivity index (χ0) is 12.3. The van der Waals surface area contributed by atoms with Gasteiger partial charge in [0.15, 0.2) is 0 Å². The van der Waals surface area contributed by atoms with Gasteiger partial charge < -0.3 is 4.74 Å². The second-order valence-electron chi connectivity index (χ2n) is 4.19. The summed E-state index contributed by atoms with van der Waals surface area (Å²) in [5, 5.41) is 0. The summed E-state index contributed by atoms with van der Waals surface area (Å²) in [7, 11) is 1.76. The first-order valence-corrected chi connectivity index (χ1v) is 6.86. The Balaban J connectivity index is 2.39. The highest BCUT2D eigenvalue weighted by Crippen LogP contribution is 2.06. The molecule has 1 aromatic carbocycles. The minimum Gasteiger partial charge on any atom is -0.383 e. The van der Waals surface area contributed by atoms with Crippen molar-refractivity contribution in [3.8, 4) is 0 Å². The minimum absolute atomic E-state index is 0.799. The molecule has 0 N–H and O–H groups in total.